The number of nitrogen functional groups attached to an aromatic ring is 1. The number of carbonyl (C=O) groups is 1. The van der Waals surface area contributed by atoms with Crippen molar-refractivity contribution in [2.45, 2.75) is 12.8 Å². The molecule has 0 saturated heterocycles. The molecule has 98 valence electrons. The van der Waals surface area contributed by atoms with Crippen molar-refractivity contribution in [1.29, 1.82) is 0 Å². The number of ether oxygens (including phenoxy) is 2. The summed E-state index contributed by atoms with van der Waals surface area (Å²) in [5.41, 5.74) is 6.89. The fourth-order valence-corrected chi connectivity index (χ4v) is 1.61. The number of benzene rings is 1. The molecule has 0 heterocycles. The minimum absolute atomic E-state index is 0.0857. The van der Waals surface area contributed by atoms with Crippen molar-refractivity contribution in [2.24, 2.45) is 5.92 Å². The molecular weight excluding hydrogens is 232 g/mol. The first kappa shape index (κ1) is 12.7. The van der Waals surface area contributed by atoms with Crippen LogP contribution in [-0.2, 0) is 9.53 Å². The van der Waals surface area contributed by atoms with E-state index in [1.807, 2.05) is 0 Å². The summed E-state index contributed by atoms with van der Waals surface area (Å²) in [6.45, 7) is 0.764. The molecule has 3 N–H and O–H groups in total. The number of nitrogens with one attached hydrogen (secondary N) is 1. The molecule has 18 heavy (non-hydrogen) atoms. The zero-order valence-corrected chi connectivity index (χ0v) is 10.4. The Morgan fingerprint density at radius 2 is 2.28 bits per heavy atom. The number of rotatable bonds is 6. The average Bonchev–Trinajstić information content (AvgIpc) is 3.13. The lowest BCUT2D eigenvalue weighted by atomic mass is 10.2. The molecule has 5 nitrogen and oxygen atoms in total. The highest BCUT2D eigenvalue weighted by atomic mass is 16.5. The van der Waals surface area contributed by atoms with Gasteiger partial charge in [-0.1, -0.05) is 0 Å². The van der Waals surface area contributed by atoms with Gasteiger partial charge in [-0.05, 0) is 37.0 Å². The smallest absolute Gasteiger partial charge is 0.250 e. The SMILES string of the molecule is COc1ccc(NC(=O)COCC2CC2)cc1N. The zero-order chi connectivity index (χ0) is 13.0. The van der Waals surface area contributed by atoms with E-state index in [1.165, 1.54) is 12.8 Å². The molecule has 1 amide bonds. The number of anilines is 2. The van der Waals surface area contributed by atoms with Gasteiger partial charge in [0.15, 0.2) is 0 Å². The quantitative estimate of drug-likeness (QED) is 0.753. The topological polar surface area (TPSA) is 73.6 Å². The Kier molecular flexibility index (Phi) is 4.04. The molecule has 1 fully saturated rings. The van der Waals surface area contributed by atoms with Gasteiger partial charge in [0.2, 0.25) is 5.91 Å². The van der Waals surface area contributed by atoms with Gasteiger partial charge in [-0.15, -0.1) is 0 Å². The molecule has 5 heteroatoms. The summed E-state index contributed by atoms with van der Waals surface area (Å²) < 4.78 is 10.3. The first-order valence-electron chi connectivity index (χ1n) is 6.00. The Labute approximate surface area is 106 Å². The standard InChI is InChI=1S/C13H18N2O3/c1-17-12-5-4-10(6-11(12)14)15-13(16)8-18-7-9-2-3-9/h4-6,9H,2-3,7-8,14H2,1H3,(H,15,16). The lowest BCUT2D eigenvalue weighted by molar-refractivity contribution is -0.120. The van der Waals surface area contributed by atoms with Gasteiger partial charge in [-0.3, -0.25) is 4.79 Å². The fourth-order valence-electron chi connectivity index (χ4n) is 1.61. The first-order chi connectivity index (χ1) is 8.69. The molecule has 0 aromatic heterocycles. The number of carbonyl (C=O) groups excluding carboxylic acids is 1. The third kappa shape index (κ3) is 3.63. The van der Waals surface area contributed by atoms with E-state index < -0.39 is 0 Å². The lowest BCUT2D eigenvalue weighted by Crippen LogP contribution is -2.19. The molecule has 0 aliphatic heterocycles. The Hall–Kier alpha value is -1.75. The highest BCUT2D eigenvalue weighted by Crippen LogP contribution is 2.28. The highest BCUT2D eigenvalue weighted by Gasteiger charge is 2.21. The maximum absolute atomic E-state index is 11.6. The number of amides is 1. The van der Waals surface area contributed by atoms with E-state index >= 15 is 0 Å². The van der Waals surface area contributed by atoms with Gasteiger partial charge >= 0.3 is 0 Å². The van der Waals surface area contributed by atoms with Gasteiger partial charge in [0, 0.05) is 5.69 Å². The summed E-state index contributed by atoms with van der Waals surface area (Å²) in [5.74, 6) is 1.09. The predicted octanol–water partition coefficient (Wildman–Crippen LogP) is 1.64. The van der Waals surface area contributed by atoms with Crippen molar-refractivity contribution in [3.63, 3.8) is 0 Å². The van der Waals surface area contributed by atoms with E-state index in [9.17, 15) is 4.79 Å². The fraction of sp³-hybridized carbons (Fsp3) is 0.462. The van der Waals surface area contributed by atoms with Crippen molar-refractivity contribution in [2.75, 3.05) is 31.4 Å². The summed E-state index contributed by atoms with van der Waals surface area (Å²) in [6, 6.07) is 5.13. The van der Waals surface area contributed by atoms with E-state index in [-0.39, 0.29) is 12.5 Å². The van der Waals surface area contributed by atoms with Crippen molar-refractivity contribution >= 4 is 17.3 Å². The highest BCUT2D eigenvalue weighted by molar-refractivity contribution is 5.92. The second kappa shape index (κ2) is 5.73. The first-order valence-corrected chi connectivity index (χ1v) is 6.00. The summed E-state index contributed by atoms with van der Waals surface area (Å²) in [6.07, 6.45) is 2.44. The average molecular weight is 250 g/mol. The molecule has 1 aliphatic carbocycles. The second-order valence-electron chi connectivity index (χ2n) is 4.46. The van der Waals surface area contributed by atoms with Crippen LogP contribution in [0.2, 0.25) is 0 Å². The number of methoxy groups -OCH3 is 1. The normalized spacial score (nSPS) is 14.3. The number of nitrogens with two attached hydrogens (primary N) is 1. The summed E-state index contributed by atoms with van der Waals surface area (Å²) >= 11 is 0. The number of hydrogen-bond donors (Lipinski definition) is 2. The van der Waals surface area contributed by atoms with Crippen LogP contribution in [0.15, 0.2) is 18.2 Å². The van der Waals surface area contributed by atoms with Gasteiger partial charge in [0.1, 0.15) is 12.4 Å². The molecule has 0 unspecified atom stereocenters. The Morgan fingerprint density at radius 1 is 1.50 bits per heavy atom. The van der Waals surface area contributed by atoms with E-state index in [0.717, 1.165) is 0 Å². The Balaban J connectivity index is 1.80. The van der Waals surface area contributed by atoms with E-state index in [2.05, 4.69) is 5.32 Å². The predicted molar refractivity (Wildman–Crippen MR) is 69.6 cm³/mol. The van der Waals surface area contributed by atoms with Crippen LogP contribution in [0.1, 0.15) is 12.8 Å². The zero-order valence-electron chi connectivity index (χ0n) is 10.4. The van der Waals surface area contributed by atoms with Gasteiger partial charge in [-0.2, -0.15) is 0 Å². The molecule has 2 rings (SSSR count). The van der Waals surface area contributed by atoms with Crippen molar-refractivity contribution in [3.8, 4) is 5.75 Å². The second-order valence-corrected chi connectivity index (χ2v) is 4.46. The molecule has 1 saturated carbocycles. The summed E-state index contributed by atoms with van der Waals surface area (Å²) in [5, 5.41) is 2.73. The van der Waals surface area contributed by atoms with Crippen molar-refractivity contribution in [3.05, 3.63) is 18.2 Å². The molecule has 1 aromatic rings. The molecule has 1 aliphatic rings. The van der Waals surface area contributed by atoms with Crippen LogP contribution < -0.4 is 15.8 Å². The van der Waals surface area contributed by atoms with Crippen LogP contribution in [0, 0.1) is 5.92 Å². The van der Waals surface area contributed by atoms with E-state index in [1.54, 1.807) is 25.3 Å². The molecule has 0 spiro atoms. The molecule has 0 radical (unpaired) electrons. The molecule has 0 atom stereocenters. The van der Waals surface area contributed by atoms with Crippen LogP contribution in [0.4, 0.5) is 11.4 Å². The van der Waals surface area contributed by atoms with Gasteiger partial charge < -0.3 is 20.5 Å². The summed E-state index contributed by atoms with van der Waals surface area (Å²) in [4.78, 5) is 11.6. The maximum atomic E-state index is 11.6. The largest absolute Gasteiger partial charge is 0.495 e. The van der Waals surface area contributed by atoms with Gasteiger partial charge in [0.05, 0.1) is 19.4 Å². The monoisotopic (exact) mass is 250 g/mol. The lowest BCUT2D eigenvalue weighted by Gasteiger charge is -2.09. The third-order valence-corrected chi connectivity index (χ3v) is 2.80. The van der Waals surface area contributed by atoms with Crippen LogP contribution in [-0.4, -0.2) is 26.2 Å². The maximum Gasteiger partial charge on any atom is 0.250 e. The molecular formula is C13H18N2O3. The minimum Gasteiger partial charge on any atom is -0.495 e. The third-order valence-electron chi connectivity index (χ3n) is 2.80. The van der Waals surface area contributed by atoms with Gasteiger partial charge in [-0.25, -0.2) is 0 Å². The van der Waals surface area contributed by atoms with Crippen LogP contribution in [0.5, 0.6) is 5.75 Å². The number of hydrogen-bond acceptors (Lipinski definition) is 4. The van der Waals surface area contributed by atoms with Crippen molar-refractivity contribution in [1.82, 2.24) is 0 Å². The Morgan fingerprint density at radius 3 is 2.89 bits per heavy atom. The summed E-state index contributed by atoms with van der Waals surface area (Å²) in [7, 11) is 1.55. The van der Waals surface area contributed by atoms with Crippen LogP contribution in [0.25, 0.3) is 0 Å². The molecule has 0 bridgehead atoms. The van der Waals surface area contributed by atoms with E-state index in [4.69, 9.17) is 15.2 Å². The molecule has 1 aromatic carbocycles. The van der Waals surface area contributed by atoms with Crippen LogP contribution in [0.3, 0.4) is 0 Å². The minimum atomic E-state index is -0.166. The Bertz CT molecular complexity index is 430. The van der Waals surface area contributed by atoms with E-state index in [0.29, 0.717) is 29.6 Å². The van der Waals surface area contributed by atoms with Crippen LogP contribution >= 0.6 is 0 Å². The van der Waals surface area contributed by atoms with Crippen molar-refractivity contribution < 1.29 is 14.3 Å². The van der Waals surface area contributed by atoms with Gasteiger partial charge in [0.25, 0.3) is 0 Å².